The summed E-state index contributed by atoms with van der Waals surface area (Å²) >= 11 is 1.81. The van der Waals surface area contributed by atoms with Gasteiger partial charge in [0.1, 0.15) is 22.8 Å². The van der Waals surface area contributed by atoms with Gasteiger partial charge in [-0.3, -0.25) is 0 Å². The van der Waals surface area contributed by atoms with Crippen molar-refractivity contribution in [2.24, 2.45) is 0 Å². The predicted molar refractivity (Wildman–Crippen MR) is 98.2 cm³/mol. The van der Waals surface area contributed by atoms with Gasteiger partial charge in [0.05, 0.1) is 11.3 Å². The number of aldehydes is 1. The molecule has 1 fully saturated rings. The zero-order valence-electron chi connectivity index (χ0n) is 14.3. The first-order valence-electron chi connectivity index (χ1n) is 8.87. The molecule has 4 rings (SSSR count). The van der Waals surface area contributed by atoms with Crippen LogP contribution in [0.25, 0.3) is 10.2 Å². The number of nitrogens with zero attached hydrogens (tertiary/aromatic N) is 3. The van der Waals surface area contributed by atoms with Crippen molar-refractivity contribution in [1.82, 2.24) is 15.3 Å². The maximum absolute atomic E-state index is 11.5. The number of likely N-dealkylation sites (N-methyl/N-ethyl adjacent to an activating group) is 1. The highest BCUT2D eigenvalue weighted by atomic mass is 32.1. The minimum atomic E-state index is -0.287. The molecule has 0 aromatic carbocycles. The van der Waals surface area contributed by atoms with Crippen molar-refractivity contribution in [2.75, 3.05) is 25.5 Å². The second kappa shape index (κ2) is 6.41. The molecule has 0 saturated heterocycles. The quantitative estimate of drug-likeness (QED) is 0.817. The molecule has 6 heteroatoms. The van der Waals surface area contributed by atoms with E-state index < -0.39 is 0 Å². The van der Waals surface area contributed by atoms with Crippen molar-refractivity contribution in [3.05, 3.63) is 16.3 Å². The zero-order chi connectivity index (χ0) is 16.7. The summed E-state index contributed by atoms with van der Waals surface area (Å²) in [4.78, 5) is 26.1. The summed E-state index contributed by atoms with van der Waals surface area (Å²) in [7, 11) is 4.00. The van der Waals surface area contributed by atoms with Gasteiger partial charge in [0.25, 0.3) is 0 Å². The van der Waals surface area contributed by atoms with Crippen molar-refractivity contribution in [2.45, 2.75) is 50.5 Å². The van der Waals surface area contributed by atoms with Crippen LogP contribution in [0.4, 0.5) is 5.82 Å². The largest absolute Gasteiger partial charge is 0.356 e. The summed E-state index contributed by atoms with van der Waals surface area (Å²) in [6, 6.07) is 0.592. The highest BCUT2D eigenvalue weighted by molar-refractivity contribution is 7.19. The van der Waals surface area contributed by atoms with Gasteiger partial charge in [-0.1, -0.05) is 0 Å². The second-order valence-corrected chi connectivity index (χ2v) is 8.02. The molecule has 2 aromatic rings. The molecule has 2 aliphatic rings. The molecule has 2 aromatic heterocycles. The van der Waals surface area contributed by atoms with Crippen molar-refractivity contribution in [1.29, 1.82) is 0 Å². The molecule has 128 valence electrons. The molecule has 24 heavy (non-hydrogen) atoms. The Labute approximate surface area is 146 Å². The van der Waals surface area contributed by atoms with Gasteiger partial charge in [-0.15, -0.1) is 11.3 Å². The van der Waals surface area contributed by atoms with E-state index in [0.717, 1.165) is 29.8 Å². The summed E-state index contributed by atoms with van der Waals surface area (Å²) in [6.45, 7) is 0.576. The molecule has 1 N–H and O–H groups in total. The first-order chi connectivity index (χ1) is 11.7. The number of anilines is 1. The van der Waals surface area contributed by atoms with E-state index in [-0.39, 0.29) is 5.92 Å². The standard InChI is InChI=1S/C18H24N4OS/c1-19-9-11(10-23)16-20-17(22(2)12-7-8-12)15-13-5-3-4-6-14(13)24-18(15)21-16/h10-12,19H,3-9H2,1-2H3. The summed E-state index contributed by atoms with van der Waals surface area (Å²) in [5.41, 5.74) is 1.46. The van der Waals surface area contributed by atoms with Gasteiger partial charge in [-0.2, -0.15) is 0 Å². The zero-order valence-corrected chi connectivity index (χ0v) is 15.2. The number of hydrogen-bond donors (Lipinski definition) is 1. The number of fused-ring (bicyclic) bond motifs is 3. The van der Waals surface area contributed by atoms with E-state index in [1.807, 2.05) is 18.4 Å². The Morgan fingerprint density at radius 3 is 2.83 bits per heavy atom. The lowest BCUT2D eigenvalue weighted by Gasteiger charge is -2.21. The summed E-state index contributed by atoms with van der Waals surface area (Å²) < 4.78 is 0. The maximum Gasteiger partial charge on any atom is 0.143 e. The Morgan fingerprint density at radius 2 is 2.12 bits per heavy atom. The van der Waals surface area contributed by atoms with Crippen LogP contribution in [0.2, 0.25) is 0 Å². The minimum Gasteiger partial charge on any atom is -0.356 e. The molecule has 0 radical (unpaired) electrons. The Hall–Kier alpha value is -1.53. The normalized spacial score (nSPS) is 18.4. The fourth-order valence-corrected chi connectivity index (χ4v) is 4.89. The van der Waals surface area contributed by atoms with Gasteiger partial charge in [0.2, 0.25) is 0 Å². The molecule has 2 aliphatic carbocycles. The average molecular weight is 344 g/mol. The molecule has 1 saturated carbocycles. The number of carbonyl (C=O) groups excluding carboxylic acids is 1. The lowest BCUT2D eigenvalue weighted by molar-refractivity contribution is -0.109. The van der Waals surface area contributed by atoms with Crippen molar-refractivity contribution in [3.8, 4) is 0 Å². The van der Waals surface area contributed by atoms with Crippen molar-refractivity contribution >= 4 is 33.7 Å². The molecular weight excluding hydrogens is 320 g/mol. The van der Waals surface area contributed by atoms with Gasteiger partial charge in [0, 0.05) is 24.5 Å². The van der Waals surface area contributed by atoms with Gasteiger partial charge >= 0.3 is 0 Å². The van der Waals surface area contributed by atoms with Crippen LogP contribution in [0.1, 0.15) is 47.9 Å². The molecule has 1 atom stereocenters. The van der Waals surface area contributed by atoms with Gasteiger partial charge in [0.15, 0.2) is 0 Å². The van der Waals surface area contributed by atoms with Gasteiger partial charge in [-0.05, 0) is 51.1 Å². The third-order valence-corrected chi connectivity index (χ3v) is 6.35. The molecule has 0 amide bonds. The number of aryl methyl sites for hydroxylation is 2. The van der Waals surface area contributed by atoms with E-state index in [0.29, 0.717) is 18.4 Å². The summed E-state index contributed by atoms with van der Waals surface area (Å²) in [5.74, 6) is 1.41. The Balaban J connectivity index is 1.89. The predicted octanol–water partition coefficient (Wildman–Crippen LogP) is 2.67. The van der Waals surface area contributed by atoms with E-state index in [1.165, 1.54) is 41.5 Å². The van der Waals surface area contributed by atoms with Crippen LogP contribution >= 0.6 is 11.3 Å². The van der Waals surface area contributed by atoms with Crippen molar-refractivity contribution < 1.29 is 4.79 Å². The van der Waals surface area contributed by atoms with Crippen LogP contribution < -0.4 is 10.2 Å². The summed E-state index contributed by atoms with van der Waals surface area (Å²) in [6.07, 6.45) is 8.25. The SMILES string of the molecule is CNCC(C=O)c1nc(N(C)C2CC2)c2c3c(sc2n1)CCCC3. The minimum absolute atomic E-state index is 0.287. The van der Waals surface area contributed by atoms with Crippen LogP contribution in [0, 0.1) is 0 Å². The fourth-order valence-electron chi connectivity index (χ4n) is 3.63. The Bertz CT molecular complexity index is 768. The third-order valence-electron chi connectivity index (χ3n) is 5.16. The van der Waals surface area contributed by atoms with E-state index in [9.17, 15) is 4.79 Å². The highest BCUT2D eigenvalue weighted by Gasteiger charge is 2.31. The molecule has 0 bridgehead atoms. The van der Waals surface area contributed by atoms with Crippen LogP contribution in [0.15, 0.2) is 0 Å². The van der Waals surface area contributed by atoms with Crippen LogP contribution in [-0.4, -0.2) is 42.9 Å². The number of rotatable bonds is 6. The van der Waals surface area contributed by atoms with Crippen LogP contribution in [-0.2, 0) is 17.6 Å². The molecule has 2 heterocycles. The lowest BCUT2D eigenvalue weighted by Crippen LogP contribution is -2.24. The number of nitrogens with one attached hydrogen (secondary N) is 1. The first kappa shape index (κ1) is 16.0. The van der Waals surface area contributed by atoms with E-state index in [2.05, 4.69) is 17.3 Å². The number of hydrogen-bond acceptors (Lipinski definition) is 6. The Kier molecular flexibility index (Phi) is 4.26. The third kappa shape index (κ3) is 2.71. The van der Waals surface area contributed by atoms with Crippen LogP contribution in [0.5, 0.6) is 0 Å². The second-order valence-electron chi connectivity index (χ2n) is 6.94. The maximum atomic E-state index is 11.5. The van der Waals surface area contributed by atoms with E-state index in [4.69, 9.17) is 9.97 Å². The average Bonchev–Trinajstić information content (AvgIpc) is 3.38. The number of thiophene rings is 1. The molecule has 0 spiro atoms. The topological polar surface area (TPSA) is 58.1 Å². The molecule has 0 aliphatic heterocycles. The molecule has 1 unspecified atom stereocenters. The van der Waals surface area contributed by atoms with Gasteiger partial charge in [-0.25, -0.2) is 9.97 Å². The van der Waals surface area contributed by atoms with E-state index >= 15 is 0 Å². The van der Waals surface area contributed by atoms with E-state index in [1.54, 1.807) is 0 Å². The smallest absolute Gasteiger partial charge is 0.143 e. The summed E-state index contributed by atoms with van der Waals surface area (Å²) in [5, 5.41) is 4.33. The highest BCUT2D eigenvalue weighted by Crippen LogP contribution is 2.42. The molecular formula is C18H24N4OS. The molecule has 5 nitrogen and oxygen atoms in total. The fraction of sp³-hybridized carbons (Fsp3) is 0.611. The van der Waals surface area contributed by atoms with Gasteiger partial charge < -0.3 is 15.0 Å². The Morgan fingerprint density at radius 1 is 1.33 bits per heavy atom. The van der Waals surface area contributed by atoms with Crippen molar-refractivity contribution in [3.63, 3.8) is 0 Å². The lowest BCUT2D eigenvalue weighted by atomic mass is 9.97. The number of carbonyl (C=O) groups is 1. The van der Waals surface area contributed by atoms with Crippen LogP contribution in [0.3, 0.4) is 0 Å². The number of aromatic nitrogens is 2. The first-order valence-corrected chi connectivity index (χ1v) is 9.69. The monoisotopic (exact) mass is 344 g/mol.